The molecule has 2 rings (SSSR count). The second-order valence-corrected chi connectivity index (χ2v) is 6.90. The average molecular weight is 361 g/mol. The summed E-state index contributed by atoms with van der Waals surface area (Å²) in [6.45, 7) is 1.96. The van der Waals surface area contributed by atoms with Gasteiger partial charge >= 0.3 is 5.97 Å². The molecule has 7 nitrogen and oxygen atoms in total. The maximum Gasteiger partial charge on any atom is 0.338 e. The summed E-state index contributed by atoms with van der Waals surface area (Å²) in [4.78, 5) is 11.8. The van der Waals surface area contributed by atoms with E-state index in [1.807, 2.05) is 6.92 Å². The van der Waals surface area contributed by atoms with Gasteiger partial charge in [-0.2, -0.15) is 0 Å². The summed E-state index contributed by atoms with van der Waals surface area (Å²) in [6.07, 6.45) is 0. The molecule has 25 heavy (non-hydrogen) atoms. The summed E-state index contributed by atoms with van der Waals surface area (Å²) in [7, 11) is -3.82. The summed E-state index contributed by atoms with van der Waals surface area (Å²) in [5, 5.41) is 10.2. The third-order valence-electron chi connectivity index (χ3n) is 3.21. The van der Waals surface area contributed by atoms with Crippen molar-refractivity contribution in [2.24, 2.45) is 0 Å². The number of esters is 1. The van der Waals surface area contributed by atoms with Crippen molar-refractivity contribution in [3.05, 3.63) is 65.7 Å². The number of ether oxygens (including phenoxy) is 1. The Hall–Kier alpha value is -2.87. The highest BCUT2D eigenvalue weighted by atomic mass is 32.2. The minimum absolute atomic E-state index is 0.00235. The Morgan fingerprint density at radius 1 is 1.08 bits per heavy atom. The molecule has 0 aliphatic rings. The number of rotatable bonds is 6. The molecule has 0 saturated carbocycles. The van der Waals surface area contributed by atoms with Gasteiger partial charge in [0, 0.05) is 0 Å². The first kappa shape index (κ1) is 18.5. The van der Waals surface area contributed by atoms with E-state index >= 15 is 0 Å². The number of guanidine groups is 1. The number of hydrogen-bond acceptors (Lipinski definition) is 5. The second kappa shape index (κ2) is 8.29. The molecule has 0 aromatic heterocycles. The van der Waals surface area contributed by atoms with Crippen molar-refractivity contribution in [1.82, 2.24) is 10.0 Å². The maximum absolute atomic E-state index is 12.1. The lowest BCUT2D eigenvalue weighted by molar-refractivity contribution is 0.0512. The number of sulfonamides is 1. The predicted octanol–water partition coefficient (Wildman–Crippen LogP) is 1.65. The van der Waals surface area contributed by atoms with E-state index in [-0.39, 0.29) is 18.0 Å². The van der Waals surface area contributed by atoms with Crippen LogP contribution in [-0.4, -0.2) is 33.5 Å². The number of carbonyl (C=O) groups excluding carboxylic acids is 1. The van der Waals surface area contributed by atoms with Crippen LogP contribution in [0.3, 0.4) is 0 Å². The molecule has 0 unspecified atom stereocenters. The standard InChI is InChI=1S/C17H19N3O4S/c1-13-7-9-15(10-8-13)25(22,23)20-17(18)19-11-12-24-16(21)14-5-3-2-4-6-14/h2-10H,11-12H2,1H3,(H3,18,19,20). The normalized spacial score (nSPS) is 10.8. The largest absolute Gasteiger partial charge is 0.460 e. The monoisotopic (exact) mass is 361 g/mol. The number of carbonyl (C=O) groups is 1. The van der Waals surface area contributed by atoms with E-state index < -0.39 is 22.0 Å². The average Bonchev–Trinajstić information content (AvgIpc) is 2.59. The predicted molar refractivity (Wildman–Crippen MR) is 94.0 cm³/mol. The van der Waals surface area contributed by atoms with Gasteiger partial charge in [-0.05, 0) is 31.2 Å². The third kappa shape index (κ3) is 5.61. The van der Waals surface area contributed by atoms with Gasteiger partial charge in [0.2, 0.25) is 5.96 Å². The van der Waals surface area contributed by atoms with Crippen LogP contribution in [0.25, 0.3) is 0 Å². The van der Waals surface area contributed by atoms with E-state index in [1.54, 1.807) is 42.5 Å². The molecule has 0 radical (unpaired) electrons. The van der Waals surface area contributed by atoms with E-state index in [0.717, 1.165) is 5.56 Å². The lowest BCUT2D eigenvalue weighted by Gasteiger charge is -2.11. The fraction of sp³-hybridized carbons (Fsp3) is 0.176. The fourth-order valence-corrected chi connectivity index (χ4v) is 2.88. The number of aryl methyl sites for hydroxylation is 1. The third-order valence-corrected chi connectivity index (χ3v) is 4.58. The van der Waals surface area contributed by atoms with E-state index in [9.17, 15) is 13.2 Å². The zero-order chi connectivity index (χ0) is 18.3. The molecule has 0 spiro atoms. The molecule has 0 aliphatic heterocycles. The van der Waals surface area contributed by atoms with Crippen LogP contribution in [0.1, 0.15) is 15.9 Å². The minimum Gasteiger partial charge on any atom is -0.460 e. The number of benzene rings is 2. The summed E-state index contributed by atoms with van der Waals surface area (Å²) in [5.41, 5.74) is 1.37. The lowest BCUT2D eigenvalue weighted by atomic mass is 10.2. The Morgan fingerprint density at radius 2 is 1.72 bits per heavy atom. The van der Waals surface area contributed by atoms with Crippen LogP contribution in [0, 0.1) is 12.3 Å². The lowest BCUT2D eigenvalue weighted by Crippen LogP contribution is -2.41. The molecule has 0 bridgehead atoms. The molecular weight excluding hydrogens is 342 g/mol. The van der Waals surface area contributed by atoms with Gasteiger partial charge in [0.1, 0.15) is 6.61 Å². The van der Waals surface area contributed by atoms with Crippen LogP contribution in [0.4, 0.5) is 0 Å². The van der Waals surface area contributed by atoms with Crippen molar-refractivity contribution < 1.29 is 17.9 Å². The Balaban J connectivity index is 1.77. The topological polar surface area (TPSA) is 108 Å². The number of hydrogen-bond donors (Lipinski definition) is 3. The summed E-state index contributed by atoms with van der Waals surface area (Å²) >= 11 is 0. The molecule has 0 amide bonds. The van der Waals surface area contributed by atoms with Gasteiger partial charge in [-0.25, -0.2) is 17.9 Å². The van der Waals surface area contributed by atoms with Crippen LogP contribution < -0.4 is 10.0 Å². The molecule has 132 valence electrons. The van der Waals surface area contributed by atoms with Gasteiger partial charge in [0.15, 0.2) is 0 Å². The van der Waals surface area contributed by atoms with Crippen LogP contribution >= 0.6 is 0 Å². The van der Waals surface area contributed by atoms with Crippen molar-refractivity contribution in [2.75, 3.05) is 13.2 Å². The van der Waals surface area contributed by atoms with Gasteiger partial charge < -0.3 is 10.1 Å². The van der Waals surface area contributed by atoms with E-state index in [2.05, 4.69) is 10.0 Å². The summed E-state index contributed by atoms with van der Waals surface area (Å²) in [6, 6.07) is 14.8. The molecular formula is C17H19N3O4S. The van der Waals surface area contributed by atoms with E-state index in [4.69, 9.17) is 10.1 Å². The smallest absolute Gasteiger partial charge is 0.338 e. The molecule has 8 heteroatoms. The van der Waals surface area contributed by atoms with Crippen LogP contribution in [0.5, 0.6) is 0 Å². The van der Waals surface area contributed by atoms with Gasteiger partial charge in [0.05, 0.1) is 17.0 Å². The highest BCUT2D eigenvalue weighted by molar-refractivity contribution is 7.90. The number of nitrogens with one attached hydrogen (secondary N) is 3. The Morgan fingerprint density at radius 3 is 2.36 bits per heavy atom. The Kier molecular flexibility index (Phi) is 6.13. The first-order chi connectivity index (χ1) is 11.9. The fourth-order valence-electron chi connectivity index (χ4n) is 1.92. The van der Waals surface area contributed by atoms with Gasteiger partial charge in [0.25, 0.3) is 10.0 Å². The molecule has 0 fully saturated rings. The van der Waals surface area contributed by atoms with Crippen molar-refractivity contribution in [3.63, 3.8) is 0 Å². The first-order valence-corrected chi connectivity index (χ1v) is 9.01. The zero-order valence-electron chi connectivity index (χ0n) is 13.7. The molecule has 2 aromatic rings. The minimum atomic E-state index is -3.82. The molecule has 0 saturated heterocycles. The van der Waals surface area contributed by atoms with Crippen LogP contribution in [-0.2, 0) is 14.8 Å². The molecule has 0 atom stereocenters. The van der Waals surface area contributed by atoms with Crippen LogP contribution in [0.2, 0.25) is 0 Å². The van der Waals surface area contributed by atoms with Gasteiger partial charge in [-0.15, -0.1) is 0 Å². The highest BCUT2D eigenvalue weighted by Gasteiger charge is 2.15. The van der Waals surface area contributed by atoms with Gasteiger partial charge in [-0.1, -0.05) is 35.9 Å². The van der Waals surface area contributed by atoms with E-state index in [0.29, 0.717) is 5.56 Å². The SMILES string of the molecule is Cc1ccc(S(=O)(=O)NC(=N)NCCOC(=O)c2ccccc2)cc1. The molecule has 0 aliphatic carbocycles. The molecule has 3 N–H and O–H groups in total. The Bertz CT molecular complexity index is 834. The summed E-state index contributed by atoms with van der Waals surface area (Å²) < 4.78 is 31.4. The van der Waals surface area contributed by atoms with Crippen LogP contribution in [0.15, 0.2) is 59.5 Å². The summed E-state index contributed by atoms with van der Waals surface area (Å²) in [5.74, 6) is -0.870. The van der Waals surface area contributed by atoms with E-state index in [1.165, 1.54) is 12.1 Å². The quantitative estimate of drug-likeness (QED) is 0.314. The van der Waals surface area contributed by atoms with Gasteiger partial charge in [-0.3, -0.25) is 5.41 Å². The Labute approximate surface area is 146 Å². The van der Waals surface area contributed by atoms with Crippen molar-refractivity contribution in [3.8, 4) is 0 Å². The van der Waals surface area contributed by atoms with Crippen molar-refractivity contribution in [1.29, 1.82) is 5.41 Å². The van der Waals surface area contributed by atoms with Crippen molar-refractivity contribution in [2.45, 2.75) is 11.8 Å². The highest BCUT2D eigenvalue weighted by Crippen LogP contribution is 2.09. The molecule has 2 aromatic carbocycles. The second-order valence-electron chi connectivity index (χ2n) is 5.22. The first-order valence-electron chi connectivity index (χ1n) is 7.52. The molecule has 0 heterocycles. The maximum atomic E-state index is 12.1. The zero-order valence-corrected chi connectivity index (χ0v) is 14.5. The van der Waals surface area contributed by atoms with Crippen molar-refractivity contribution >= 4 is 22.0 Å².